The average Bonchev–Trinajstić information content (AvgIpc) is 2.74. The molecule has 1 aromatic heterocycles. The minimum atomic E-state index is -0.0696. The lowest BCUT2D eigenvalue weighted by Crippen LogP contribution is -2.56. The first-order chi connectivity index (χ1) is 8.58. The van der Waals surface area contributed by atoms with Gasteiger partial charge in [-0.2, -0.15) is 0 Å². The fraction of sp³-hybridized carbons (Fsp3) is 0.615. The smallest absolute Gasteiger partial charge is 0.241 e. The van der Waals surface area contributed by atoms with Crippen molar-refractivity contribution in [1.29, 1.82) is 0 Å². The average molecular weight is 251 g/mol. The van der Waals surface area contributed by atoms with Crippen LogP contribution in [0.2, 0.25) is 0 Å². The molecule has 5 nitrogen and oxygen atoms in total. The second-order valence-electron chi connectivity index (χ2n) is 4.91. The minimum Gasteiger partial charge on any atom is -0.464 e. The molecule has 2 rings (SSSR count). The Labute approximate surface area is 108 Å². The standard InChI is InChI=1S/C13H21N3O2/c1-10-4-5-11(18-10)9-16(3)13(17)12-8-14-6-7-15(12)2/h4-5,12,14H,6-9H2,1-3H3. The van der Waals surface area contributed by atoms with Crippen LogP contribution in [0.25, 0.3) is 0 Å². The number of amides is 1. The maximum Gasteiger partial charge on any atom is 0.241 e. The largest absolute Gasteiger partial charge is 0.464 e. The van der Waals surface area contributed by atoms with Crippen LogP contribution in [0.3, 0.4) is 0 Å². The number of rotatable bonds is 3. The molecule has 100 valence electrons. The molecule has 1 aliphatic heterocycles. The second kappa shape index (κ2) is 5.54. The molecule has 1 atom stereocenters. The second-order valence-corrected chi connectivity index (χ2v) is 4.91. The lowest BCUT2D eigenvalue weighted by Gasteiger charge is -2.34. The van der Waals surface area contributed by atoms with Gasteiger partial charge in [-0.1, -0.05) is 0 Å². The first-order valence-corrected chi connectivity index (χ1v) is 6.29. The van der Waals surface area contributed by atoms with Crippen molar-refractivity contribution in [1.82, 2.24) is 15.1 Å². The van der Waals surface area contributed by atoms with E-state index in [2.05, 4.69) is 10.2 Å². The molecule has 0 aromatic carbocycles. The fourth-order valence-corrected chi connectivity index (χ4v) is 2.22. The molecule has 0 spiro atoms. The van der Waals surface area contributed by atoms with Gasteiger partial charge in [0.1, 0.15) is 17.6 Å². The van der Waals surface area contributed by atoms with Gasteiger partial charge in [-0.05, 0) is 26.1 Å². The summed E-state index contributed by atoms with van der Waals surface area (Å²) in [6.45, 7) is 5.00. The molecule has 1 saturated heterocycles. The highest BCUT2D eigenvalue weighted by Crippen LogP contribution is 2.11. The van der Waals surface area contributed by atoms with Crippen LogP contribution in [0, 0.1) is 6.92 Å². The number of hydrogen-bond acceptors (Lipinski definition) is 4. The highest BCUT2D eigenvalue weighted by molar-refractivity contribution is 5.82. The third-order valence-electron chi connectivity index (χ3n) is 3.36. The Bertz CT molecular complexity index is 416. The number of likely N-dealkylation sites (N-methyl/N-ethyl adjacent to an activating group) is 2. The van der Waals surface area contributed by atoms with E-state index in [0.29, 0.717) is 6.54 Å². The van der Waals surface area contributed by atoms with Crippen molar-refractivity contribution in [2.45, 2.75) is 19.5 Å². The molecule has 2 heterocycles. The van der Waals surface area contributed by atoms with Crippen LogP contribution in [-0.2, 0) is 11.3 Å². The number of carbonyl (C=O) groups is 1. The van der Waals surface area contributed by atoms with Crippen molar-refractivity contribution in [2.24, 2.45) is 0 Å². The van der Waals surface area contributed by atoms with Crippen LogP contribution in [0.15, 0.2) is 16.5 Å². The lowest BCUT2D eigenvalue weighted by molar-refractivity contribution is -0.136. The van der Waals surface area contributed by atoms with E-state index in [1.54, 1.807) is 4.90 Å². The van der Waals surface area contributed by atoms with Crippen LogP contribution in [-0.4, -0.2) is 55.5 Å². The molecule has 1 unspecified atom stereocenters. The first-order valence-electron chi connectivity index (χ1n) is 6.29. The van der Waals surface area contributed by atoms with E-state index in [9.17, 15) is 4.79 Å². The molecule has 0 aliphatic carbocycles. The molecular formula is C13H21N3O2. The van der Waals surface area contributed by atoms with Crippen molar-refractivity contribution in [3.8, 4) is 0 Å². The zero-order chi connectivity index (χ0) is 13.1. The molecule has 0 saturated carbocycles. The monoisotopic (exact) mass is 251 g/mol. The highest BCUT2D eigenvalue weighted by atomic mass is 16.3. The SMILES string of the molecule is Cc1ccc(CN(C)C(=O)C2CNCCN2C)o1. The number of nitrogens with one attached hydrogen (secondary N) is 1. The summed E-state index contributed by atoms with van der Waals surface area (Å²) < 4.78 is 5.50. The predicted octanol–water partition coefficient (Wildman–Crippen LogP) is 0.450. The van der Waals surface area contributed by atoms with Crippen LogP contribution in [0.5, 0.6) is 0 Å². The molecule has 5 heteroatoms. The van der Waals surface area contributed by atoms with Crippen molar-refractivity contribution >= 4 is 5.91 Å². The topological polar surface area (TPSA) is 48.7 Å². The maximum absolute atomic E-state index is 12.3. The summed E-state index contributed by atoms with van der Waals surface area (Å²) in [5, 5.41) is 3.26. The summed E-state index contributed by atoms with van der Waals surface area (Å²) in [5.74, 6) is 1.84. The third-order valence-corrected chi connectivity index (χ3v) is 3.36. The van der Waals surface area contributed by atoms with Gasteiger partial charge in [0.15, 0.2) is 0 Å². The zero-order valence-electron chi connectivity index (χ0n) is 11.3. The summed E-state index contributed by atoms with van der Waals surface area (Å²) in [7, 11) is 3.82. The van der Waals surface area contributed by atoms with Gasteiger partial charge in [0, 0.05) is 26.7 Å². The number of aryl methyl sites for hydroxylation is 1. The van der Waals surface area contributed by atoms with Crippen LogP contribution in [0.1, 0.15) is 11.5 Å². The molecule has 0 radical (unpaired) electrons. The first kappa shape index (κ1) is 13.1. The summed E-state index contributed by atoms with van der Waals surface area (Å²) in [5.41, 5.74) is 0. The zero-order valence-corrected chi connectivity index (χ0v) is 11.3. The quantitative estimate of drug-likeness (QED) is 0.847. The molecule has 1 N–H and O–H groups in total. The fourth-order valence-electron chi connectivity index (χ4n) is 2.22. The van der Waals surface area contributed by atoms with Gasteiger partial charge in [-0.3, -0.25) is 9.69 Å². The normalized spacial score (nSPS) is 20.9. The summed E-state index contributed by atoms with van der Waals surface area (Å²) >= 11 is 0. The lowest BCUT2D eigenvalue weighted by atomic mass is 10.2. The molecule has 0 bridgehead atoms. The third kappa shape index (κ3) is 2.91. The molecule has 1 aromatic rings. The van der Waals surface area contributed by atoms with E-state index in [1.807, 2.05) is 33.2 Å². The van der Waals surface area contributed by atoms with Crippen molar-refractivity contribution in [2.75, 3.05) is 33.7 Å². The van der Waals surface area contributed by atoms with Gasteiger partial charge in [-0.15, -0.1) is 0 Å². The highest BCUT2D eigenvalue weighted by Gasteiger charge is 2.28. The van der Waals surface area contributed by atoms with Gasteiger partial charge in [-0.25, -0.2) is 0 Å². The van der Waals surface area contributed by atoms with Crippen molar-refractivity contribution in [3.05, 3.63) is 23.7 Å². The molecule has 1 fully saturated rings. The molecule has 1 amide bonds. The Hall–Kier alpha value is -1.33. The Balaban J connectivity index is 1.95. The number of carbonyl (C=O) groups excluding carboxylic acids is 1. The molecule has 1 aliphatic rings. The van der Waals surface area contributed by atoms with Gasteiger partial charge in [0.2, 0.25) is 5.91 Å². The van der Waals surface area contributed by atoms with E-state index in [4.69, 9.17) is 4.42 Å². The van der Waals surface area contributed by atoms with E-state index < -0.39 is 0 Å². The van der Waals surface area contributed by atoms with E-state index in [1.165, 1.54) is 0 Å². The maximum atomic E-state index is 12.3. The van der Waals surface area contributed by atoms with Crippen LogP contribution in [0.4, 0.5) is 0 Å². The molecular weight excluding hydrogens is 230 g/mol. The number of nitrogens with zero attached hydrogens (tertiary/aromatic N) is 2. The Kier molecular flexibility index (Phi) is 4.04. The number of piperazine rings is 1. The van der Waals surface area contributed by atoms with Gasteiger partial charge in [0.25, 0.3) is 0 Å². The summed E-state index contributed by atoms with van der Waals surface area (Å²) in [6.07, 6.45) is 0. The number of furan rings is 1. The van der Waals surface area contributed by atoms with E-state index >= 15 is 0 Å². The Morgan fingerprint density at radius 3 is 3.00 bits per heavy atom. The molecule has 18 heavy (non-hydrogen) atoms. The van der Waals surface area contributed by atoms with Crippen LogP contribution < -0.4 is 5.32 Å². The predicted molar refractivity (Wildman–Crippen MR) is 69.2 cm³/mol. The van der Waals surface area contributed by atoms with Crippen molar-refractivity contribution in [3.63, 3.8) is 0 Å². The Morgan fingerprint density at radius 1 is 1.61 bits per heavy atom. The van der Waals surface area contributed by atoms with Crippen LogP contribution >= 0.6 is 0 Å². The summed E-state index contributed by atoms with van der Waals surface area (Å²) in [6, 6.07) is 3.77. The minimum absolute atomic E-state index is 0.0696. The van der Waals surface area contributed by atoms with E-state index in [-0.39, 0.29) is 11.9 Å². The Morgan fingerprint density at radius 2 is 2.39 bits per heavy atom. The van der Waals surface area contributed by atoms with Gasteiger partial charge in [0.05, 0.1) is 6.54 Å². The van der Waals surface area contributed by atoms with E-state index in [0.717, 1.165) is 31.2 Å². The van der Waals surface area contributed by atoms with Gasteiger partial charge >= 0.3 is 0 Å². The summed E-state index contributed by atoms with van der Waals surface area (Å²) in [4.78, 5) is 16.2. The van der Waals surface area contributed by atoms with Crippen molar-refractivity contribution < 1.29 is 9.21 Å². The number of hydrogen-bond donors (Lipinski definition) is 1. The van der Waals surface area contributed by atoms with Gasteiger partial charge < -0.3 is 14.6 Å².